The first-order chi connectivity index (χ1) is 13.7. The predicted octanol–water partition coefficient (Wildman–Crippen LogP) is 2.95. The van der Waals surface area contributed by atoms with Crippen LogP contribution in [0.1, 0.15) is 5.56 Å². The van der Waals surface area contributed by atoms with E-state index in [0.717, 1.165) is 17.8 Å². The van der Waals surface area contributed by atoms with Gasteiger partial charge in [0.2, 0.25) is 0 Å². The van der Waals surface area contributed by atoms with Gasteiger partial charge < -0.3 is 4.90 Å². The molecule has 29 heavy (non-hydrogen) atoms. The van der Waals surface area contributed by atoms with Crippen LogP contribution < -0.4 is 4.90 Å². The molecule has 0 aromatic heterocycles. The van der Waals surface area contributed by atoms with Gasteiger partial charge in [-0.3, -0.25) is 4.79 Å². The lowest BCUT2D eigenvalue weighted by Crippen LogP contribution is -2.38. The number of anilines is 1. The molecule has 2 fully saturated rings. The number of halogens is 3. The van der Waals surface area contributed by atoms with E-state index >= 15 is 0 Å². The van der Waals surface area contributed by atoms with E-state index in [4.69, 9.17) is 0 Å². The molecular formula is C19H15F3N2O3S2. The maximum Gasteiger partial charge on any atom is 0.252 e. The van der Waals surface area contributed by atoms with Crippen LogP contribution in [0.4, 0.5) is 18.9 Å². The lowest BCUT2D eigenvalue weighted by atomic mass is 10.1. The zero-order valence-electron chi connectivity index (χ0n) is 14.9. The number of carbonyl (C=O) groups excluding carboxylic acids is 1. The second kappa shape index (κ2) is 7.49. The van der Waals surface area contributed by atoms with Gasteiger partial charge in [-0.2, -0.15) is 4.99 Å². The van der Waals surface area contributed by atoms with E-state index in [-0.39, 0.29) is 28.8 Å². The standard InChI is InChI=1S/C19H15F3N2O3S2/c20-12-3-1-11(2-4-12)7-18(25)23-19-24(15-6-5-13(21)8-14(15)22)16-9-29(26,27)10-17(16)28-19/h1-6,8,16-17H,7,9-10H2. The van der Waals surface area contributed by atoms with Crippen molar-refractivity contribution in [3.63, 3.8) is 0 Å². The Balaban J connectivity index is 1.66. The first-order valence-corrected chi connectivity index (χ1v) is 11.4. The summed E-state index contributed by atoms with van der Waals surface area (Å²) in [6.45, 7) is 0. The fraction of sp³-hybridized carbons (Fsp3) is 0.263. The summed E-state index contributed by atoms with van der Waals surface area (Å²) in [6, 6.07) is 7.78. The highest BCUT2D eigenvalue weighted by atomic mass is 32.2. The van der Waals surface area contributed by atoms with Gasteiger partial charge in [0, 0.05) is 11.3 Å². The van der Waals surface area contributed by atoms with Crippen molar-refractivity contribution in [2.75, 3.05) is 16.4 Å². The maximum absolute atomic E-state index is 14.4. The lowest BCUT2D eigenvalue weighted by molar-refractivity contribution is -0.117. The molecule has 5 nitrogen and oxygen atoms in total. The first-order valence-electron chi connectivity index (χ1n) is 8.69. The van der Waals surface area contributed by atoms with E-state index in [2.05, 4.69) is 4.99 Å². The number of thioether (sulfide) groups is 1. The highest BCUT2D eigenvalue weighted by Gasteiger charge is 2.50. The van der Waals surface area contributed by atoms with Crippen molar-refractivity contribution in [3.8, 4) is 0 Å². The molecule has 0 aliphatic carbocycles. The molecule has 1 amide bonds. The quantitative estimate of drug-likeness (QED) is 0.734. The Morgan fingerprint density at radius 1 is 1.07 bits per heavy atom. The van der Waals surface area contributed by atoms with Crippen LogP contribution in [-0.2, 0) is 21.1 Å². The molecule has 2 aliphatic heterocycles. The molecule has 2 aliphatic rings. The molecule has 2 heterocycles. The zero-order valence-corrected chi connectivity index (χ0v) is 16.5. The number of fused-ring (bicyclic) bond motifs is 1. The summed E-state index contributed by atoms with van der Waals surface area (Å²) in [6.07, 6.45) is -0.0856. The van der Waals surface area contributed by atoms with Crippen molar-refractivity contribution in [2.45, 2.75) is 17.7 Å². The number of sulfone groups is 1. The predicted molar refractivity (Wildman–Crippen MR) is 105 cm³/mol. The summed E-state index contributed by atoms with van der Waals surface area (Å²) in [5, 5.41) is -0.227. The van der Waals surface area contributed by atoms with Crippen LogP contribution in [0.3, 0.4) is 0 Å². The Morgan fingerprint density at radius 2 is 1.76 bits per heavy atom. The molecule has 0 saturated carbocycles. The Kier molecular flexibility index (Phi) is 5.16. The van der Waals surface area contributed by atoms with Crippen LogP contribution in [0.25, 0.3) is 0 Å². The number of hydrogen-bond acceptors (Lipinski definition) is 4. The van der Waals surface area contributed by atoms with Crippen LogP contribution in [-0.4, -0.2) is 42.3 Å². The summed E-state index contributed by atoms with van der Waals surface area (Å²) < 4.78 is 64.8. The summed E-state index contributed by atoms with van der Waals surface area (Å²) in [4.78, 5) is 17.9. The molecule has 2 aromatic rings. The molecule has 0 spiro atoms. The molecule has 152 valence electrons. The summed E-state index contributed by atoms with van der Waals surface area (Å²) >= 11 is 1.10. The van der Waals surface area contributed by atoms with Gasteiger partial charge in [0.25, 0.3) is 5.91 Å². The molecule has 2 saturated heterocycles. The Morgan fingerprint density at radius 3 is 2.45 bits per heavy atom. The molecule has 2 atom stereocenters. The number of rotatable bonds is 3. The molecule has 0 bridgehead atoms. The van der Waals surface area contributed by atoms with E-state index in [0.29, 0.717) is 11.6 Å². The van der Waals surface area contributed by atoms with Crippen molar-refractivity contribution in [3.05, 3.63) is 65.5 Å². The Hall–Kier alpha value is -2.33. The highest BCUT2D eigenvalue weighted by Crippen LogP contribution is 2.41. The molecule has 0 radical (unpaired) electrons. The average Bonchev–Trinajstić information content (AvgIpc) is 3.08. The number of benzene rings is 2. The second-order valence-electron chi connectivity index (χ2n) is 6.86. The van der Waals surface area contributed by atoms with Crippen molar-refractivity contribution in [1.82, 2.24) is 0 Å². The minimum absolute atomic E-state index is 0.0307. The molecule has 2 unspecified atom stereocenters. The van der Waals surface area contributed by atoms with E-state index in [1.54, 1.807) is 0 Å². The van der Waals surface area contributed by atoms with Gasteiger partial charge in [0.1, 0.15) is 17.5 Å². The fourth-order valence-electron chi connectivity index (χ4n) is 3.45. The number of hydrogen-bond donors (Lipinski definition) is 0. The van der Waals surface area contributed by atoms with Crippen molar-refractivity contribution < 1.29 is 26.4 Å². The number of amidine groups is 1. The Bertz CT molecular complexity index is 1100. The lowest BCUT2D eigenvalue weighted by Gasteiger charge is -2.24. The number of nitrogens with zero attached hydrogens (tertiary/aromatic N) is 2. The van der Waals surface area contributed by atoms with Crippen molar-refractivity contribution in [2.24, 2.45) is 4.99 Å². The van der Waals surface area contributed by atoms with Crippen molar-refractivity contribution in [1.29, 1.82) is 0 Å². The van der Waals surface area contributed by atoms with Gasteiger partial charge in [-0.25, -0.2) is 21.6 Å². The number of amides is 1. The molecule has 2 aromatic carbocycles. The largest absolute Gasteiger partial charge is 0.313 e. The van der Waals surface area contributed by atoms with Crippen LogP contribution in [0.2, 0.25) is 0 Å². The molecule has 4 rings (SSSR count). The number of aliphatic imine (C=N–C) groups is 1. The summed E-state index contributed by atoms with van der Waals surface area (Å²) in [7, 11) is -3.31. The SMILES string of the molecule is O=C(Cc1ccc(F)cc1)N=C1SC2CS(=O)(=O)CC2N1c1ccc(F)cc1F. The van der Waals surface area contributed by atoms with Gasteiger partial charge >= 0.3 is 0 Å². The summed E-state index contributed by atoms with van der Waals surface area (Å²) in [5.41, 5.74) is 0.530. The average molecular weight is 440 g/mol. The van der Waals surface area contributed by atoms with Gasteiger partial charge in [0.05, 0.1) is 29.7 Å². The van der Waals surface area contributed by atoms with Crippen LogP contribution >= 0.6 is 11.8 Å². The molecular weight excluding hydrogens is 425 g/mol. The van der Waals surface area contributed by atoms with Gasteiger partial charge in [0.15, 0.2) is 15.0 Å². The number of carbonyl (C=O) groups is 1. The van der Waals surface area contributed by atoms with E-state index < -0.39 is 44.5 Å². The van der Waals surface area contributed by atoms with Crippen LogP contribution in [0, 0.1) is 17.5 Å². The third-order valence-corrected chi connectivity index (χ3v) is 7.93. The van der Waals surface area contributed by atoms with Gasteiger partial charge in [-0.1, -0.05) is 23.9 Å². The van der Waals surface area contributed by atoms with E-state index in [1.807, 2.05) is 0 Å². The minimum atomic E-state index is -3.31. The summed E-state index contributed by atoms with van der Waals surface area (Å²) in [5.74, 6) is -2.89. The Labute approximate surface area is 169 Å². The molecule has 0 N–H and O–H groups in total. The van der Waals surface area contributed by atoms with E-state index in [9.17, 15) is 26.4 Å². The zero-order chi connectivity index (χ0) is 20.8. The van der Waals surface area contributed by atoms with Gasteiger partial charge in [-0.15, -0.1) is 0 Å². The van der Waals surface area contributed by atoms with Crippen LogP contribution in [0.5, 0.6) is 0 Å². The highest BCUT2D eigenvalue weighted by molar-refractivity contribution is 8.16. The minimum Gasteiger partial charge on any atom is -0.313 e. The maximum atomic E-state index is 14.4. The van der Waals surface area contributed by atoms with E-state index in [1.165, 1.54) is 35.2 Å². The topological polar surface area (TPSA) is 66.8 Å². The monoisotopic (exact) mass is 440 g/mol. The normalized spacial score (nSPS) is 24.1. The first kappa shape index (κ1) is 20.0. The van der Waals surface area contributed by atoms with Crippen molar-refractivity contribution >= 4 is 38.4 Å². The molecule has 10 heteroatoms. The van der Waals surface area contributed by atoms with Gasteiger partial charge in [-0.05, 0) is 29.8 Å². The third kappa shape index (κ3) is 4.18. The van der Waals surface area contributed by atoms with Crippen LogP contribution in [0.15, 0.2) is 47.5 Å². The fourth-order valence-corrected chi connectivity index (χ4v) is 7.37. The smallest absolute Gasteiger partial charge is 0.252 e. The second-order valence-corrected chi connectivity index (χ2v) is 10.2. The third-order valence-electron chi connectivity index (χ3n) is 4.72.